The molecule has 0 unspecified atom stereocenters. The van der Waals surface area contributed by atoms with Gasteiger partial charge in [0.25, 0.3) is 5.56 Å². The number of imidazole rings is 1. The van der Waals surface area contributed by atoms with E-state index in [1.807, 2.05) is 42.5 Å². The zero-order valence-corrected chi connectivity index (χ0v) is 20.5. The smallest absolute Gasteiger partial charge is 0.274 e. The highest BCUT2D eigenvalue weighted by molar-refractivity contribution is 7.15. The van der Waals surface area contributed by atoms with Crippen molar-refractivity contribution in [2.24, 2.45) is 0 Å². The van der Waals surface area contributed by atoms with Gasteiger partial charge in [0, 0.05) is 28.7 Å². The Hall–Kier alpha value is -3.90. The summed E-state index contributed by atoms with van der Waals surface area (Å²) in [6.45, 7) is 5.69. The van der Waals surface area contributed by atoms with Crippen LogP contribution >= 0.6 is 11.3 Å². The maximum absolute atomic E-state index is 13.3. The van der Waals surface area contributed by atoms with Crippen molar-refractivity contribution < 1.29 is 4.74 Å². The third kappa shape index (κ3) is 3.80. The van der Waals surface area contributed by atoms with E-state index in [-0.39, 0.29) is 5.56 Å². The minimum Gasteiger partial charge on any atom is -0.494 e. The van der Waals surface area contributed by atoms with Gasteiger partial charge in [-0.25, -0.2) is 9.38 Å². The molecule has 0 aliphatic heterocycles. The number of aryl methyl sites for hydroxylation is 2. The van der Waals surface area contributed by atoms with Gasteiger partial charge in [0.1, 0.15) is 5.75 Å². The van der Waals surface area contributed by atoms with Crippen molar-refractivity contribution in [2.75, 3.05) is 6.61 Å². The molecule has 3 aromatic heterocycles. The van der Waals surface area contributed by atoms with E-state index in [9.17, 15) is 4.79 Å². The first-order chi connectivity index (χ1) is 17.1. The van der Waals surface area contributed by atoms with Crippen molar-refractivity contribution in [3.8, 4) is 5.75 Å². The second-order valence-corrected chi connectivity index (χ2v) is 9.83. The fourth-order valence-electron chi connectivity index (χ4n) is 4.79. The van der Waals surface area contributed by atoms with E-state index in [1.165, 1.54) is 22.4 Å². The molecule has 0 amide bonds. The predicted octanol–water partition coefficient (Wildman–Crippen LogP) is 5.50. The highest BCUT2D eigenvalue weighted by Crippen LogP contribution is 2.27. The Bertz CT molecular complexity index is 1810. The number of ether oxygens (including phenoxy) is 1. The molecule has 35 heavy (non-hydrogen) atoms. The van der Waals surface area contributed by atoms with Crippen LogP contribution in [0, 0.1) is 13.8 Å². The number of hydrogen-bond donors (Lipinski definition) is 0. The maximum atomic E-state index is 13.3. The number of nitrogens with zero attached hydrogens (tertiary/aromatic N) is 3. The summed E-state index contributed by atoms with van der Waals surface area (Å²) in [5.74, 6) is 0.909. The largest absolute Gasteiger partial charge is 0.494 e. The van der Waals surface area contributed by atoms with Gasteiger partial charge in [0.05, 0.1) is 22.2 Å². The molecule has 0 atom stereocenters. The van der Waals surface area contributed by atoms with Crippen LogP contribution in [0.3, 0.4) is 0 Å². The molecule has 5 nitrogen and oxygen atoms in total. The van der Waals surface area contributed by atoms with Crippen LogP contribution in [0.4, 0.5) is 0 Å². The number of hydrogen-bond acceptors (Lipinski definition) is 4. The quantitative estimate of drug-likeness (QED) is 0.297. The lowest BCUT2D eigenvalue weighted by molar-refractivity contribution is 0.302. The first-order valence-electron chi connectivity index (χ1n) is 11.8. The lowest BCUT2D eigenvalue weighted by atomic mass is 10.1. The Morgan fingerprint density at radius 3 is 2.63 bits per heavy atom. The number of rotatable bonds is 6. The summed E-state index contributed by atoms with van der Waals surface area (Å²) in [6, 6.07) is 24.3. The summed E-state index contributed by atoms with van der Waals surface area (Å²) in [5, 5.41) is 1.15. The van der Waals surface area contributed by atoms with Gasteiger partial charge in [-0.1, -0.05) is 53.8 Å². The number of fused-ring (bicyclic) bond motifs is 4. The van der Waals surface area contributed by atoms with E-state index < -0.39 is 0 Å². The molecule has 0 N–H and O–H groups in total. The molecule has 0 saturated carbocycles. The number of benzene rings is 3. The van der Waals surface area contributed by atoms with E-state index in [1.54, 1.807) is 4.40 Å². The average molecular weight is 480 g/mol. The van der Waals surface area contributed by atoms with Crippen molar-refractivity contribution in [2.45, 2.75) is 26.8 Å². The molecule has 0 saturated heterocycles. The van der Waals surface area contributed by atoms with Gasteiger partial charge >= 0.3 is 0 Å². The van der Waals surface area contributed by atoms with E-state index in [4.69, 9.17) is 4.74 Å². The first kappa shape index (κ1) is 21.6. The molecule has 6 heteroatoms. The highest BCUT2D eigenvalue weighted by atomic mass is 32.1. The fraction of sp³-hybridized carbons (Fsp3) is 0.172. The van der Waals surface area contributed by atoms with Gasteiger partial charge in [-0.3, -0.25) is 4.79 Å². The molecule has 6 rings (SSSR count). The molecule has 0 fully saturated rings. The lowest BCUT2D eigenvalue weighted by Gasteiger charge is -2.10. The normalized spacial score (nSPS) is 12.3. The molecule has 0 bridgehead atoms. The van der Waals surface area contributed by atoms with Gasteiger partial charge < -0.3 is 9.30 Å². The Morgan fingerprint density at radius 1 is 0.971 bits per heavy atom. The zero-order valence-electron chi connectivity index (χ0n) is 19.7. The Labute approximate surface area is 206 Å². The Balaban J connectivity index is 1.35. The maximum Gasteiger partial charge on any atom is 0.274 e. The molecule has 0 aliphatic rings. The molecular formula is C29H25N3O2S. The minimum atomic E-state index is -0.0125. The van der Waals surface area contributed by atoms with Crippen LogP contribution < -0.4 is 14.8 Å². The molecule has 3 aromatic carbocycles. The van der Waals surface area contributed by atoms with Crippen molar-refractivity contribution in [1.82, 2.24) is 14.0 Å². The minimum absolute atomic E-state index is 0.0125. The van der Waals surface area contributed by atoms with Crippen LogP contribution in [0.5, 0.6) is 5.75 Å². The molecule has 6 aromatic rings. The van der Waals surface area contributed by atoms with Gasteiger partial charge in [-0.2, -0.15) is 0 Å². The van der Waals surface area contributed by atoms with E-state index in [0.29, 0.717) is 11.1 Å². The van der Waals surface area contributed by atoms with E-state index in [0.717, 1.165) is 51.4 Å². The third-order valence-corrected chi connectivity index (χ3v) is 7.45. The standard InChI is InChI=1S/C29H25N3O2S/c1-19-9-7-10-21(17-19)34-16-8-15-31-20(2)23(22-11-3-5-13-25(22)31)18-27-28(33)32-26-14-6-4-12-24(26)30-29(32)35-27/h3-7,9-14,17-18H,8,15-16H2,1-2H3/b27-18-. The van der Waals surface area contributed by atoms with Crippen LogP contribution in [-0.4, -0.2) is 20.6 Å². The van der Waals surface area contributed by atoms with Crippen LogP contribution in [0.2, 0.25) is 0 Å². The highest BCUT2D eigenvalue weighted by Gasteiger charge is 2.15. The molecule has 0 spiro atoms. The second-order valence-electron chi connectivity index (χ2n) is 8.82. The van der Waals surface area contributed by atoms with Crippen molar-refractivity contribution in [3.05, 3.63) is 105 Å². The molecule has 0 aliphatic carbocycles. The van der Waals surface area contributed by atoms with Gasteiger partial charge in [-0.15, -0.1) is 0 Å². The second kappa shape index (κ2) is 8.71. The Kier molecular flexibility index (Phi) is 5.38. The summed E-state index contributed by atoms with van der Waals surface area (Å²) < 4.78 is 10.7. The zero-order chi connectivity index (χ0) is 23.9. The van der Waals surface area contributed by atoms with Crippen LogP contribution in [-0.2, 0) is 6.54 Å². The summed E-state index contributed by atoms with van der Waals surface area (Å²) in [4.78, 5) is 18.7. The van der Waals surface area contributed by atoms with E-state index >= 15 is 0 Å². The van der Waals surface area contributed by atoms with Crippen molar-refractivity contribution in [3.63, 3.8) is 0 Å². The molecular weight excluding hydrogens is 454 g/mol. The average Bonchev–Trinajstić information content (AvgIpc) is 3.46. The Morgan fingerprint density at radius 2 is 1.77 bits per heavy atom. The summed E-state index contributed by atoms with van der Waals surface area (Å²) in [5.41, 5.74) is 6.30. The van der Waals surface area contributed by atoms with Crippen LogP contribution in [0.1, 0.15) is 23.2 Å². The van der Waals surface area contributed by atoms with E-state index in [2.05, 4.69) is 59.8 Å². The lowest BCUT2D eigenvalue weighted by Crippen LogP contribution is -2.22. The molecule has 174 valence electrons. The van der Waals surface area contributed by atoms with Crippen LogP contribution in [0.15, 0.2) is 77.6 Å². The SMILES string of the molecule is Cc1cccc(OCCCn2c(C)c(/C=c3\sc4nc5ccccc5n4c3=O)c3ccccc32)c1. The van der Waals surface area contributed by atoms with Crippen molar-refractivity contribution in [1.29, 1.82) is 0 Å². The first-order valence-corrected chi connectivity index (χ1v) is 12.6. The summed E-state index contributed by atoms with van der Waals surface area (Å²) >= 11 is 1.45. The van der Waals surface area contributed by atoms with Gasteiger partial charge in [0.15, 0.2) is 4.96 Å². The monoisotopic (exact) mass is 479 g/mol. The number of para-hydroxylation sites is 3. The van der Waals surface area contributed by atoms with Gasteiger partial charge in [0.2, 0.25) is 0 Å². The summed E-state index contributed by atoms with van der Waals surface area (Å²) in [6.07, 6.45) is 2.92. The van der Waals surface area contributed by atoms with Crippen molar-refractivity contribution >= 4 is 44.3 Å². The predicted molar refractivity (Wildman–Crippen MR) is 144 cm³/mol. The topological polar surface area (TPSA) is 48.5 Å². The fourth-order valence-corrected chi connectivity index (χ4v) is 5.76. The molecule has 0 radical (unpaired) electrons. The number of thiazole rings is 1. The summed E-state index contributed by atoms with van der Waals surface area (Å²) in [7, 11) is 0. The number of aromatic nitrogens is 3. The van der Waals surface area contributed by atoms with Crippen LogP contribution in [0.25, 0.3) is 33.0 Å². The van der Waals surface area contributed by atoms with Gasteiger partial charge in [-0.05, 0) is 62.2 Å². The molecule has 3 heterocycles. The third-order valence-electron chi connectivity index (χ3n) is 6.48.